The zero-order valence-electron chi connectivity index (χ0n) is 18.7. The molecule has 182 valence electrons. The molecule has 1 fully saturated rings. The number of anilines is 1. The average Bonchev–Trinajstić information content (AvgIpc) is 2.79. The zero-order chi connectivity index (χ0) is 22.1. The molecule has 0 spiro atoms. The van der Waals surface area contributed by atoms with Crippen LogP contribution in [0.15, 0.2) is 54.6 Å². The SMILES string of the molecule is Cl.Cl.NCC1CCC(C(=O)N[C@@H](CNc2ccc(CC(=O)O)cc2)Cc2ccccc2)CC1. The molecule has 6 nitrogen and oxygen atoms in total. The van der Waals surface area contributed by atoms with Gasteiger partial charge in [0.2, 0.25) is 5.91 Å². The zero-order valence-corrected chi connectivity index (χ0v) is 20.4. The van der Waals surface area contributed by atoms with E-state index < -0.39 is 5.97 Å². The minimum atomic E-state index is -0.841. The van der Waals surface area contributed by atoms with Gasteiger partial charge >= 0.3 is 5.97 Å². The van der Waals surface area contributed by atoms with Crippen molar-refractivity contribution in [3.05, 3.63) is 65.7 Å². The maximum Gasteiger partial charge on any atom is 0.307 e. The number of nitrogens with one attached hydrogen (secondary N) is 2. The molecule has 3 rings (SSSR count). The van der Waals surface area contributed by atoms with Crippen LogP contribution in [-0.2, 0) is 22.4 Å². The van der Waals surface area contributed by atoms with Crippen molar-refractivity contribution in [1.29, 1.82) is 0 Å². The summed E-state index contributed by atoms with van der Waals surface area (Å²) < 4.78 is 0. The molecule has 1 amide bonds. The third-order valence-corrected chi connectivity index (χ3v) is 6.08. The summed E-state index contributed by atoms with van der Waals surface area (Å²) in [6, 6.07) is 17.5. The minimum Gasteiger partial charge on any atom is -0.481 e. The summed E-state index contributed by atoms with van der Waals surface area (Å²) in [5.41, 5.74) is 8.63. The third-order valence-electron chi connectivity index (χ3n) is 6.08. The van der Waals surface area contributed by atoms with Crippen LogP contribution in [0.5, 0.6) is 0 Å². The highest BCUT2D eigenvalue weighted by Gasteiger charge is 2.27. The Bertz CT molecular complexity index is 842. The number of carbonyl (C=O) groups is 2. The van der Waals surface area contributed by atoms with Gasteiger partial charge in [-0.3, -0.25) is 9.59 Å². The van der Waals surface area contributed by atoms with Gasteiger partial charge in [-0.05, 0) is 67.8 Å². The first-order chi connectivity index (χ1) is 15.0. The molecule has 0 heterocycles. The number of carboxylic acid groups (broad SMARTS) is 1. The quantitative estimate of drug-likeness (QED) is 0.397. The fourth-order valence-corrected chi connectivity index (χ4v) is 4.21. The standard InChI is InChI=1S/C25H33N3O3.2ClH/c26-16-20-6-10-21(11-7-20)25(31)28-23(14-18-4-2-1-3-5-18)17-27-22-12-8-19(9-13-22)15-24(29)30;;/h1-5,8-9,12-13,20-21,23,27H,6-7,10-11,14-17,26H2,(H,28,31)(H,29,30);2*1H/t20?,21?,23-;;/m1../s1. The molecule has 0 bridgehead atoms. The Balaban J connectivity index is 0.00000272. The van der Waals surface area contributed by atoms with Crippen LogP contribution in [-0.4, -0.2) is 36.1 Å². The number of halogens is 2. The summed E-state index contributed by atoms with van der Waals surface area (Å²) >= 11 is 0. The lowest BCUT2D eigenvalue weighted by Gasteiger charge is -2.29. The molecular weight excluding hydrogens is 461 g/mol. The molecule has 0 aromatic heterocycles. The number of hydrogen-bond acceptors (Lipinski definition) is 4. The fourth-order valence-electron chi connectivity index (χ4n) is 4.21. The minimum absolute atomic E-state index is 0. The van der Waals surface area contributed by atoms with E-state index in [0.717, 1.165) is 43.4 Å². The Kier molecular flexibility index (Phi) is 12.9. The van der Waals surface area contributed by atoms with E-state index in [2.05, 4.69) is 22.8 Å². The lowest BCUT2D eigenvalue weighted by atomic mass is 9.81. The number of benzene rings is 2. The van der Waals surface area contributed by atoms with Crippen LogP contribution in [0.2, 0.25) is 0 Å². The first kappa shape index (κ1) is 28.8. The van der Waals surface area contributed by atoms with E-state index in [-0.39, 0.29) is 49.1 Å². The van der Waals surface area contributed by atoms with Gasteiger partial charge in [-0.25, -0.2) is 0 Å². The largest absolute Gasteiger partial charge is 0.481 e. The fraction of sp³-hybridized carbons (Fsp3) is 0.440. The molecule has 33 heavy (non-hydrogen) atoms. The molecule has 0 aliphatic heterocycles. The van der Waals surface area contributed by atoms with Crippen LogP contribution in [0.4, 0.5) is 5.69 Å². The van der Waals surface area contributed by atoms with Gasteiger partial charge in [-0.2, -0.15) is 0 Å². The molecule has 5 N–H and O–H groups in total. The molecule has 1 atom stereocenters. The lowest BCUT2D eigenvalue weighted by Crippen LogP contribution is -2.44. The van der Waals surface area contributed by atoms with Crippen molar-refractivity contribution < 1.29 is 14.7 Å². The predicted octanol–water partition coefficient (Wildman–Crippen LogP) is 4.06. The van der Waals surface area contributed by atoms with Gasteiger partial charge < -0.3 is 21.5 Å². The Morgan fingerprint density at radius 2 is 1.58 bits per heavy atom. The number of hydrogen-bond donors (Lipinski definition) is 4. The number of carbonyl (C=O) groups excluding carboxylic acids is 1. The van der Waals surface area contributed by atoms with Gasteiger partial charge in [0.15, 0.2) is 0 Å². The molecule has 1 saturated carbocycles. The highest BCUT2D eigenvalue weighted by molar-refractivity contribution is 5.85. The van der Waals surface area contributed by atoms with Crippen molar-refractivity contribution in [1.82, 2.24) is 5.32 Å². The second-order valence-electron chi connectivity index (χ2n) is 8.50. The number of amides is 1. The second-order valence-corrected chi connectivity index (χ2v) is 8.50. The number of carboxylic acids is 1. The van der Waals surface area contributed by atoms with Gasteiger partial charge in [-0.15, -0.1) is 24.8 Å². The van der Waals surface area contributed by atoms with Crippen molar-refractivity contribution in [2.24, 2.45) is 17.6 Å². The van der Waals surface area contributed by atoms with E-state index in [4.69, 9.17) is 10.8 Å². The van der Waals surface area contributed by atoms with E-state index in [1.54, 1.807) is 0 Å². The van der Waals surface area contributed by atoms with Gasteiger partial charge in [0.1, 0.15) is 0 Å². The molecule has 1 aliphatic carbocycles. The van der Waals surface area contributed by atoms with Gasteiger partial charge in [0.25, 0.3) is 0 Å². The number of nitrogens with two attached hydrogens (primary N) is 1. The van der Waals surface area contributed by atoms with Crippen LogP contribution < -0.4 is 16.4 Å². The number of rotatable bonds is 10. The topological polar surface area (TPSA) is 104 Å². The molecule has 0 radical (unpaired) electrons. The smallest absolute Gasteiger partial charge is 0.307 e. The van der Waals surface area contributed by atoms with E-state index in [9.17, 15) is 9.59 Å². The summed E-state index contributed by atoms with van der Waals surface area (Å²) in [5.74, 6) is -0.0897. The van der Waals surface area contributed by atoms with Crippen LogP contribution in [0.1, 0.15) is 36.8 Å². The summed E-state index contributed by atoms with van der Waals surface area (Å²) in [5, 5.41) is 15.6. The Hall–Kier alpha value is -2.28. The molecule has 8 heteroatoms. The highest BCUT2D eigenvalue weighted by atomic mass is 35.5. The van der Waals surface area contributed by atoms with Crippen molar-refractivity contribution in [2.75, 3.05) is 18.4 Å². The van der Waals surface area contributed by atoms with E-state index in [1.807, 2.05) is 42.5 Å². The van der Waals surface area contributed by atoms with Crippen molar-refractivity contribution >= 4 is 42.4 Å². The van der Waals surface area contributed by atoms with Gasteiger partial charge in [0.05, 0.1) is 12.5 Å². The molecule has 2 aromatic rings. The second kappa shape index (κ2) is 14.8. The van der Waals surface area contributed by atoms with Crippen molar-refractivity contribution in [2.45, 2.75) is 44.6 Å². The van der Waals surface area contributed by atoms with Crippen LogP contribution in [0.25, 0.3) is 0 Å². The van der Waals surface area contributed by atoms with E-state index >= 15 is 0 Å². The lowest BCUT2D eigenvalue weighted by molar-refractivity contribution is -0.136. The van der Waals surface area contributed by atoms with Crippen LogP contribution in [0, 0.1) is 11.8 Å². The van der Waals surface area contributed by atoms with E-state index in [0.29, 0.717) is 19.0 Å². The normalized spacial score (nSPS) is 18.2. The Morgan fingerprint density at radius 3 is 2.15 bits per heavy atom. The van der Waals surface area contributed by atoms with Crippen LogP contribution >= 0.6 is 24.8 Å². The van der Waals surface area contributed by atoms with Gasteiger partial charge in [0, 0.05) is 18.2 Å². The van der Waals surface area contributed by atoms with Crippen molar-refractivity contribution in [3.8, 4) is 0 Å². The highest BCUT2D eigenvalue weighted by Crippen LogP contribution is 2.28. The molecule has 0 unspecified atom stereocenters. The summed E-state index contributed by atoms with van der Waals surface area (Å²) in [6.45, 7) is 1.30. The Morgan fingerprint density at radius 1 is 0.939 bits per heavy atom. The molecule has 0 saturated heterocycles. The van der Waals surface area contributed by atoms with E-state index in [1.165, 1.54) is 5.56 Å². The summed E-state index contributed by atoms with van der Waals surface area (Å²) in [6.07, 6.45) is 4.63. The third kappa shape index (κ3) is 9.62. The van der Waals surface area contributed by atoms with Crippen LogP contribution in [0.3, 0.4) is 0 Å². The average molecular weight is 496 g/mol. The molecule has 1 aliphatic rings. The van der Waals surface area contributed by atoms with Gasteiger partial charge in [-0.1, -0.05) is 42.5 Å². The van der Waals surface area contributed by atoms with Crippen molar-refractivity contribution in [3.63, 3.8) is 0 Å². The molecular formula is C25H35Cl2N3O3. The monoisotopic (exact) mass is 495 g/mol. The maximum absolute atomic E-state index is 12.9. The maximum atomic E-state index is 12.9. The Labute approximate surface area is 208 Å². The molecule has 2 aromatic carbocycles. The predicted molar refractivity (Wildman–Crippen MR) is 137 cm³/mol. The first-order valence-electron chi connectivity index (χ1n) is 11.1. The first-order valence-corrected chi connectivity index (χ1v) is 11.1. The summed E-state index contributed by atoms with van der Waals surface area (Å²) in [4.78, 5) is 23.8. The number of aliphatic carboxylic acids is 1. The summed E-state index contributed by atoms with van der Waals surface area (Å²) in [7, 11) is 0.